The molecule has 0 spiro atoms. The number of nitrogen functional groups attached to an aromatic ring is 1. The third kappa shape index (κ3) is 4.85. The molecule has 0 amide bonds. The fraction of sp³-hybridized carbons (Fsp3) is 0.0800. The first kappa shape index (κ1) is 23.9. The Balaban J connectivity index is 1.60. The number of Topliss-reactive ketones (excluding diaryl/α,β-unsaturated/α-hetero) is 1. The van der Waals surface area contributed by atoms with Crippen molar-refractivity contribution < 1.29 is 23.4 Å². The number of hydrogen-bond donors (Lipinski definition) is 2. The molecule has 0 aliphatic heterocycles. The number of ketones is 1. The quantitative estimate of drug-likeness (QED) is 0.364. The van der Waals surface area contributed by atoms with Gasteiger partial charge in [0, 0.05) is 30.9 Å². The fourth-order valence-corrected chi connectivity index (χ4v) is 3.62. The van der Waals surface area contributed by atoms with Crippen LogP contribution in [0.1, 0.15) is 21.5 Å². The molecule has 35 heavy (non-hydrogen) atoms. The molecular weight excluding hydrogens is 480 g/mol. The number of aryl methyl sites for hydroxylation is 1. The van der Waals surface area contributed by atoms with Gasteiger partial charge >= 0.3 is 0 Å². The summed E-state index contributed by atoms with van der Waals surface area (Å²) in [4.78, 5) is 29.9. The average molecular weight is 498 g/mol. The van der Waals surface area contributed by atoms with Gasteiger partial charge in [-0.15, -0.1) is 0 Å². The number of aromatic hydroxyl groups is 1. The predicted molar refractivity (Wildman–Crippen MR) is 127 cm³/mol. The third-order valence-electron chi connectivity index (χ3n) is 5.25. The summed E-state index contributed by atoms with van der Waals surface area (Å²) in [6.07, 6.45) is 2.53. The number of phenolic OH excluding ortho intramolecular Hbond substituents is 1. The molecule has 2 heterocycles. The molecule has 178 valence electrons. The van der Waals surface area contributed by atoms with Crippen LogP contribution in [0.3, 0.4) is 0 Å². The summed E-state index contributed by atoms with van der Waals surface area (Å²) in [7, 11) is 0. The lowest BCUT2D eigenvalue weighted by Crippen LogP contribution is -2.27. The number of ether oxygens (including phenoxy) is 1. The largest absolute Gasteiger partial charge is 0.505 e. The molecule has 0 unspecified atom stereocenters. The molecule has 4 aromatic rings. The number of phenols is 1. The van der Waals surface area contributed by atoms with Crippen molar-refractivity contribution >= 4 is 23.2 Å². The summed E-state index contributed by atoms with van der Waals surface area (Å²) in [5.41, 5.74) is 5.80. The molecule has 10 heteroatoms. The maximum absolute atomic E-state index is 14.7. The third-order valence-corrected chi connectivity index (χ3v) is 5.63. The Morgan fingerprint density at radius 1 is 1.11 bits per heavy atom. The van der Waals surface area contributed by atoms with E-state index in [1.807, 2.05) is 0 Å². The molecule has 4 rings (SSSR count). The van der Waals surface area contributed by atoms with Gasteiger partial charge in [-0.2, -0.15) is 0 Å². The second-order valence-corrected chi connectivity index (χ2v) is 8.04. The molecule has 3 N–H and O–H groups in total. The smallest absolute Gasteiger partial charge is 0.266 e. The van der Waals surface area contributed by atoms with Crippen LogP contribution in [0.2, 0.25) is 5.02 Å². The van der Waals surface area contributed by atoms with Gasteiger partial charge in [-0.25, -0.2) is 13.8 Å². The SMILES string of the molecule is Cc1ccn(-c2ccc(F)c(O)c2)c(=O)c1C(=O)Cc1ccc(Oc2ccnc(N)c2Cl)c(F)c1. The predicted octanol–water partition coefficient (Wildman–Crippen LogP) is 4.98. The zero-order valence-electron chi connectivity index (χ0n) is 18.3. The summed E-state index contributed by atoms with van der Waals surface area (Å²) in [5.74, 6) is -2.73. The molecule has 2 aromatic carbocycles. The number of carbonyl (C=O) groups is 1. The molecule has 0 atom stereocenters. The van der Waals surface area contributed by atoms with E-state index in [9.17, 15) is 23.5 Å². The first-order chi connectivity index (χ1) is 16.7. The zero-order valence-corrected chi connectivity index (χ0v) is 19.0. The van der Waals surface area contributed by atoms with E-state index in [4.69, 9.17) is 22.1 Å². The fourth-order valence-electron chi connectivity index (χ4n) is 3.47. The first-order valence-electron chi connectivity index (χ1n) is 10.3. The molecule has 7 nitrogen and oxygen atoms in total. The van der Waals surface area contributed by atoms with Crippen molar-refractivity contribution in [1.82, 2.24) is 9.55 Å². The Kier molecular flexibility index (Phi) is 6.52. The number of aromatic nitrogens is 2. The van der Waals surface area contributed by atoms with E-state index >= 15 is 0 Å². The summed E-state index contributed by atoms with van der Waals surface area (Å²) < 4.78 is 34.7. The number of pyridine rings is 2. The van der Waals surface area contributed by atoms with Crippen LogP contribution in [0.4, 0.5) is 14.6 Å². The summed E-state index contributed by atoms with van der Waals surface area (Å²) >= 11 is 6.02. The van der Waals surface area contributed by atoms with Crippen LogP contribution in [0.5, 0.6) is 17.2 Å². The molecule has 0 fully saturated rings. The molecule has 0 aliphatic carbocycles. The highest BCUT2D eigenvalue weighted by molar-refractivity contribution is 6.34. The van der Waals surface area contributed by atoms with Crippen LogP contribution in [0.15, 0.2) is 65.7 Å². The topological polar surface area (TPSA) is 107 Å². The lowest BCUT2D eigenvalue weighted by Gasteiger charge is -2.12. The Morgan fingerprint density at radius 2 is 1.89 bits per heavy atom. The monoisotopic (exact) mass is 497 g/mol. The van der Waals surface area contributed by atoms with Crippen LogP contribution < -0.4 is 16.0 Å². The number of hydrogen-bond acceptors (Lipinski definition) is 6. The number of nitrogens with two attached hydrogens (primary N) is 1. The Morgan fingerprint density at radius 3 is 2.60 bits per heavy atom. The minimum atomic E-state index is -0.839. The number of nitrogens with zero attached hydrogens (tertiary/aromatic N) is 2. The molecule has 2 aromatic heterocycles. The van der Waals surface area contributed by atoms with Gasteiger partial charge in [0.2, 0.25) is 0 Å². The van der Waals surface area contributed by atoms with E-state index in [-0.39, 0.29) is 40.0 Å². The number of halogens is 3. The lowest BCUT2D eigenvalue weighted by atomic mass is 10.0. The minimum absolute atomic E-state index is 0.0338. The van der Waals surface area contributed by atoms with E-state index in [0.717, 1.165) is 22.8 Å². The highest BCUT2D eigenvalue weighted by Gasteiger charge is 2.19. The second kappa shape index (κ2) is 9.55. The maximum atomic E-state index is 14.7. The summed E-state index contributed by atoms with van der Waals surface area (Å²) in [5, 5.41) is 9.67. The van der Waals surface area contributed by atoms with Gasteiger partial charge in [-0.3, -0.25) is 14.2 Å². The molecular formula is C25H18ClF2N3O4. The van der Waals surface area contributed by atoms with E-state index in [2.05, 4.69) is 4.98 Å². The van der Waals surface area contributed by atoms with E-state index in [1.54, 1.807) is 13.0 Å². The summed E-state index contributed by atoms with van der Waals surface area (Å²) in [6, 6.07) is 10.3. The molecule has 0 saturated carbocycles. The van der Waals surface area contributed by atoms with Gasteiger partial charge in [0.25, 0.3) is 5.56 Å². The average Bonchev–Trinajstić information content (AvgIpc) is 2.80. The van der Waals surface area contributed by atoms with Crippen molar-refractivity contribution in [2.45, 2.75) is 13.3 Å². The zero-order chi connectivity index (χ0) is 25.3. The van der Waals surface area contributed by atoms with Crippen LogP contribution in [0, 0.1) is 18.6 Å². The van der Waals surface area contributed by atoms with Crippen LogP contribution in [-0.2, 0) is 6.42 Å². The van der Waals surface area contributed by atoms with Crippen molar-refractivity contribution in [2.24, 2.45) is 0 Å². The second-order valence-electron chi connectivity index (χ2n) is 7.66. The number of benzene rings is 2. The normalized spacial score (nSPS) is 10.9. The van der Waals surface area contributed by atoms with Gasteiger partial charge in [0.15, 0.2) is 34.7 Å². The van der Waals surface area contributed by atoms with Crippen molar-refractivity contribution in [3.05, 3.63) is 105 Å². The van der Waals surface area contributed by atoms with Gasteiger partial charge in [-0.1, -0.05) is 17.7 Å². The van der Waals surface area contributed by atoms with Crippen LogP contribution in [-0.4, -0.2) is 20.4 Å². The standard InChI is InChI=1S/C25H18ClF2N3O4/c1-13-7-9-31(15-3-4-16(27)18(32)12-15)25(34)22(13)19(33)11-14-2-5-20(17(28)10-14)35-21-6-8-30-24(29)23(21)26/h2-10,12,32H,11H2,1H3,(H2,29,30). The molecule has 0 aliphatic rings. The Bertz CT molecular complexity index is 1520. The van der Waals surface area contributed by atoms with Gasteiger partial charge in [0.05, 0.1) is 11.3 Å². The first-order valence-corrected chi connectivity index (χ1v) is 10.6. The number of rotatable bonds is 6. The van der Waals surface area contributed by atoms with E-state index in [1.165, 1.54) is 36.7 Å². The minimum Gasteiger partial charge on any atom is -0.505 e. The van der Waals surface area contributed by atoms with Gasteiger partial charge in [0.1, 0.15) is 10.8 Å². The van der Waals surface area contributed by atoms with Crippen molar-refractivity contribution in [3.63, 3.8) is 0 Å². The van der Waals surface area contributed by atoms with Crippen molar-refractivity contribution in [1.29, 1.82) is 0 Å². The number of anilines is 1. The molecule has 0 radical (unpaired) electrons. The highest BCUT2D eigenvalue weighted by Crippen LogP contribution is 2.33. The summed E-state index contributed by atoms with van der Waals surface area (Å²) in [6.45, 7) is 1.60. The maximum Gasteiger partial charge on any atom is 0.266 e. The molecule has 0 bridgehead atoms. The van der Waals surface area contributed by atoms with Crippen LogP contribution in [0.25, 0.3) is 5.69 Å². The lowest BCUT2D eigenvalue weighted by molar-refractivity contribution is 0.0990. The van der Waals surface area contributed by atoms with Gasteiger partial charge < -0.3 is 15.6 Å². The Labute approximate surface area is 203 Å². The van der Waals surface area contributed by atoms with E-state index in [0.29, 0.717) is 11.1 Å². The van der Waals surface area contributed by atoms with Gasteiger partial charge in [-0.05, 0) is 48.4 Å². The highest BCUT2D eigenvalue weighted by atomic mass is 35.5. The van der Waals surface area contributed by atoms with E-state index < -0.39 is 28.7 Å². The molecule has 0 saturated heterocycles. The number of carbonyl (C=O) groups excluding carboxylic acids is 1. The van der Waals surface area contributed by atoms with Crippen molar-refractivity contribution in [3.8, 4) is 22.9 Å². The van der Waals surface area contributed by atoms with Crippen LogP contribution >= 0.6 is 11.6 Å². The van der Waals surface area contributed by atoms with Crippen molar-refractivity contribution in [2.75, 3.05) is 5.73 Å². The Hall–Kier alpha value is -4.24.